The molecule has 2 aromatic rings. The fourth-order valence-corrected chi connectivity index (χ4v) is 2.55. The monoisotopic (exact) mass is 374 g/mol. The van der Waals surface area contributed by atoms with Crippen LogP contribution < -0.4 is 10.6 Å². The average Bonchev–Trinajstić information content (AvgIpc) is 2.99. The van der Waals surface area contributed by atoms with Crippen molar-refractivity contribution < 1.29 is 13.9 Å². The first kappa shape index (κ1) is 20.8. The molecule has 0 unspecified atom stereocenters. The van der Waals surface area contributed by atoms with Gasteiger partial charge in [-0.15, -0.1) is 0 Å². The van der Waals surface area contributed by atoms with E-state index in [9.17, 15) is 4.79 Å². The number of hydrogen-bond acceptors (Lipinski definition) is 4. The predicted molar refractivity (Wildman–Crippen MR) is 108 cm³/mol. The Balaban J connectivity index is 1.99. The molecule has 0 fully saturated rings. The van der Waals surface area contributed by atoms with Crippen LogP contribution in [0.3, 0.4) is 0 Å². The lowest BCUT2D eigenvalue weighted by Crippen LogP contribution is -2.39. The number of furan rings is 1. The highest BCUT2D eigenvalue weighted by Crippen LogP contribution is 2.24. The van der Waals surface area contributed by atoms with E-state index in [-0.39, 0.29) is 12.5 Å². The summed E-state index contributed by atoms with van der Waals surface area (Å²) < 4.78 is 11.3. The van der Waals surface area contributed by atoms with Crippen LogP contribution in [0.5, 0.6) is 0 Å². The molecule has 0 radical (unpaired) electrons. The molecular weight excluding hydrogens is 344 g/mol. The Hall–Kier alpha value is -2.54. The zero-order chi connectivity index (χ0) is 19.6. The van der Waals surface area contributed by atoms with Gasteiger partial charge in [0.2, 0.25) is 5.91 Å². The first-order valence-corrected chi connectivity index (χ1v) is 9.30. The van der Waals surface area contributed by atoms with Crippen molar-refractivity contribution in [3.05, 3.63) is 35.6 Å². The fourth-order valence-electron chi connectivity index (χ4n) is 2.55. The molecule has 7 nitrogen and oxygen atoms in total. The first-order valence-electron chi connectivity index (χ1n) is 9.30. The van der Waals surface area contributed by atoms with Crippen molar-refractivity contribution in [3.8, 4) is 0 Å². The van der Waals surface area contributed by atoms with Crippen molar-refractivity contribution >= 4 is 22.8 Å². The Labute approximate surface area is 160 Å². The molecule has 1 heterocycles. The quantitative estimate of drug-likeness (QED) is 0.400. The van der Waals surface area contributed by atoms with E-state index >= 15 is 0 Å². The number of amides is 1. The lowest BCUT2D eigenvalue weighted by Gasteiger charge is -2.13. The number of fused-ring (bicyclic) bond motifs is 1. The van der Waals surface area contributed by atoms with Crippen molar-refractivity contribution in [2.24, 2.45) is 4.99 Å². The second-order valence-corrected chi connectivity index (χ2v) is 6.43. The molecule has 7 heteroatoms. The van der Waals surface area contributed by atoms with Crippen molar-refractivity contribution in [1.29, 1.82) is 0 Å². The maximum atomic E-state index is 11.8. The Morgan fingerprint density at radius 2 is 2.04 bits per heavy atom. The SMILES string of the molecule is CCOCCCNC(=NCC(=O)N(C)C)NCc1oc2ccccc2c1C. The van der Waals surface area contributed by atoms with E-state index in [1.807, 2.05) is 38.1 Å². The minimum Gasteiger partial charge on any atom is -0.459 e. The molecular formula is C20H30N4O3. The summed E-state index contributed by atoms with van der Waals surface area (Å²) in [5.41, 5.74) is 1.98. The number of carbonyl (C=O) groups is 1. The summed E-state index contributed by atoms with van der Waals surface area (Å²) in [6, 6.07) is 7.97. The van der Waals surface area contributed by atoms with E-state index < -0.39 is 0 Å². The van der Waals surface area contributed by atoms with Crippen LogP contribution in [-0.4, -0.2) is 57.2 Å². The summed E-state index contributed by atoms with van der Waals surface area (Å²) in [5.74, 6) is 1.39. The second-order valence-electron chi connectivity index (χ2n) is 6.43. The number of carbonyl (C=O) groups excluding carboxylic acids is 1. The molecule has 2 N–H and O–H groups in total. The summed E-state index contributed by atoms with van der Waals surface area (Å²) in [7, 11) is 3.44. The Morgan fingerprint density at radius 1 is 1.26 bits per heavy atom. The van der Waals surface area contributed by atoms with Gasteiger partial charge in [-0.3, -0.25) is 4.79 Å². The van der Waals surface area contributed by atoms with Crippen LogP contribution in [0.2, 0.25) is 0 Å². The average molecular weight is 374 g/mol. The van der Waals surface area contributed by atoms with Gasteiger partial charge in [0, 0.05) is 44.8 Å². The molecule has 1 aromatic heterocycles. The highest BCUT2D eigenvalue weighted by atomic mass is 16.5. The van der Waals surface area contributed by atoms with E-state index in [0.717, 1.165) is 28.7 Å². The predicted octanol–water partition coefficient (Wildman–Crippen LogP) is 2.29. The van der Waals surface area contributed by atoms with Gasteiger partial charge in [-0.2, -0.15) is 0 Å². The van der Waals surface area contributed by atoms with E-state index in [0.29, 0.717) is 32.3 Å². The van der Waals surface area contributed by atoms with Crippen LogP contribution in [0, 0.1) is 6.92 Å². The van der Waals surface area contributed by atoms with Gasteiger partial charge in [-0.25, -0.2) is 4.99 Å². The van der Waals surface area contributed by atoms with Gasteiger partial charge in [0.1, 0.15) is 17.9 Å². The second kappa shape index (κ2) is 10.6. The summed E-state index contributed by atoms with van der Waals surface area (Å²) in [5, 5.41) is 7.61. The topological polar surface area (TPSA) is 79.1 Å². The van der Waals surface area contributed by atoms with Gasteiger partial charge in [-0.05, 0) is 26.3 Å². The molecule has 148 valence electrons. The number of para-hydroxylation sites is 1. The lowest BCUT2D eigenvalue weighted by atomic mass is 10.1. The molecule has 0 saturated heterocycles. The minimum atomic E-state index is -0.0506. The standard InChI is InChI=1S/C20H30N4O3/c1-5-26-12-8-11-21-20(23-14-19(25)24(3)4)22-13-18-15(2)16-9-6-7-10-17(16)27-18/h6-7,9-10H,5,8,11-14H2,1-4H3,(H2,21,22,23). The van der Waals surface area contributed by atoms with Crippen molar-refractivity contribution in [2.75, 3.05) is 40.4 Å². The number of rotatable bonds is 9. The largest absolute Gasteiger partial charge is 0.459 e. The molecule has 0 aliphatic carbocycles. The van der Waals surface area contributed by atoms with Crippen LogP contribution >= 0.6 is 0 Å². The first-order chi connectivity index (χ1) is 13.0. The van der Waals surface area contributed by atoms with Gasteiger partial charge in [0.25, 0.3) is 0 Å². The van der Waals surface area contributed by atoms with Crippen LogP contribution in [0.4, 0.5) is 0 Å². The Bertz CT molecular complexity index is 768. The molecule has 27 heavy (non-hydrogen) atoms. The molecule has 0 saturated carbocycles. The molecule has 0 aliphatic heterocycles. The fraction of sp³-hybridized carbons (Fsp3) is 0.500. The van der Waals surface area contributed by atoms with Crippen molar-refractivity contribution in [1.82, 2.24) is 15.5 Å². The van der Waals surface area contributed by atoms with Crippen LogP contribution in [0.1, 0.15) is 24.7 Å². The number of guanidine groups is 1. The number of hydrogen-bond donors (Lipinski definition) is 2. The van der Waals surface area contributed by atoms with Gasteiger partial charge in [-0.1, -0.05) is 18.2 Å². The normalized spacial score (nSPS) is 11.6. The van der Waals surface area contributed by atoms with Crippen molar-refractivity contribution in [3.63, 3.8) is 0 Å². The Kier molecular flexibility index (Phi) is 8.13. The van der Waals surface area contributed by atoms with Crippen LogP contribution in [0.15, 0.2) is 33.7 Å². The smallest absolute Gasteiger partial charge is 0.243 e. The van der Waals surface area contributed by atoms with E-state index in [4.69, 9.17) is 9.15 Å². The molecule has 0 spiro atoms. The van der Waals surface area contributed by atoms with E-state index in [2.05, 4.69) is 15.6 Å². The summed E-state index contributed by atoms with van der Waals surface area (Å²) in [6.07, 6.45) is 0.861. The number of nitrogens with zero attached hydrogens (tertiary/aromatic N) is 2. The van der Waals surface area contributed by atoms with Gasteiger partial charge in [0.15, 0.2) is 5.96 Å². The van der Waals surface area contributed by atoms with Crippen LogP contribution in [0.25, 0.3) is 11.0 Å². The maximum Gasteiger partial charge on any atom is 0.243 e. The molecule has 0 aliphatic rings. The number of nitrogens with one attached hydrogen (secondary N) is 2. The van der Waals surface area contributed by atoms with E-state index in [1.54, 1.807) is 14.1 Å². The number of aliphatic imine (C=N–C) groups is 1. The molecule has 2 rings (SSSR count). The number of ether oxygens (including phenoxy) is 1. The van der Waals surface area contributed by atoms with E-state index in [1.165, 1.54) is 4.90 Å². The summed E-state index contributed by atoms with van der Waals surface area (Å²) in [4.78, 5) is 17.7. The van der Waals surface area contributed by atoms with Gasteiger partial charge in [0.05, 0.1) is 6.54 Å². The maximum absolute atomic E-state index is 11.8. The molecule has 1 aromatic carbocycles. The van der Waals surface area contributed by atoms with Gasteiger partial charge >= 0.3 is 0 Å². The highest BCUT2D eigenvalue weighted by molar-refractivity contribution is 5.85. The third-order valence-electron chi connectivity index (χ3n) is 4.19. The zero-order valence-electron chi connectivity index (χ0n) is 16.7. The minimum absolute atomic E-state index is 0.0506. The molecule has 1 amide bonds. The summed E-state index contributed by atoms with van der Waals surface area (Å²) >= 11 is 0. The molecule has 0 bridgehead atoms. The number of likely N-dealkylation sites (N-methyl/N-ethyl adjacent to an activating group) is 1. The Morgan fingerprint density at radius 3 is 2.74 bits per heavy atom. The lowest BCUT2D eigenvalue weighted by molar-refractivity contribution is -0.127. The summed E-state index contributed by atoms with van der Waals surface area (Å²) in [6.45, 7) is 6.72. The van der Waals surface area contributed by atoms with Crippen molar-refractivity contribution in [2.45, 2.75) is 26.8 Å². The zero-order valence-corrected chi connectivity index (χ0v) is 16.7. The third kappa shape index (κ3) is 6.29. The van der Waals surface area contributed by atoms with Crippen LogP contribution in [-0.2, 0) is 16.1 Å². The third-order valence-corrected chi connectivity index (χ3v) is 4.19. The number of aryl methyl sites for hydroxylation is 1. The molecule has 0 atom stereocenters. The number of benzene rings is 1. The van der Waals surface area contributed by atoms with Gasteiger partial charge < -0.3 is 24.7 Å². The highest BCUT2D eigenvalue weighted by Gasteiger charge is 2.11.